The Balaban J connectivity index is 1.69. The van der Waals surface area contributed by atoms with E-state index in [1.165, 1.54) is 4.90 Å². The molecule has 4 aliphatic rings. The van der Waals surface area contributed by atoms with Gasteiger partial charge in [0.15, 0.2) is 0 Å². The van der Waals surface area contributed by atoms with Gasteiger partial charge in [0.1, 0.15) is 17.4 Å². The van der Waals surface area contributed by atoms with Crippen LogP contribution in [0.1, 0.15) is 27.2 Å². The quantitative estimate of drug-likeness (QED) is 0.573. The first-order valence-corrected chi connectivity index (χ1v) is 13.3. The number of hydrogen-bond acceptors (Lipinski definition) is 6. The number of benzene rings is 1. The number of carbonyl (C=O) groups excluding carboxylic acids is 3. The van der Waals surface area contributed by atoms with E-state index >= 15 is 0 Å². The van der Waals surface area contributed by atoms with Gasteiger partial charge in [0.05, 0.1) is 37.2 Å². The number of amides is 3. The third-order valence-electron chi connectivity index (χ3n) is 8.78. The van der Waals surface area contributed by atoms with E-state index in [1.54, 1.807) is 48.2 Å². The van der Waals surface area contributed by atoms with Crippen molar-refractivity contribution in [2.24, 2.45) is 17.8 Å². The van der Waals surface area contributed by atoms with Gasteiger partial charge in [0.2, 0.25) is 11.8 Å². The molecule has 0 radical (unpaired) electrons. The molecule has 38 heavy (non-hydrogen) atoms. The summed E-state index contributed by atoms with van der Waals surface area (Å²) in [6.45, 7) is 6.17. The van der Waals surface area contributed by atoms with E-state index in [0.29, 0.717) is 24.4 Å². The van der Waals surface area contributed by atoms with E-state index < -0.39 is 35.1 Å². The summed E-state index contributed by atoms with van der Waals surface area (Å²) in [5, 5.41) is 10.4. The summed E-state index contributed by atoms with van der Waals surface area (Å²) in [4.78, 5) is 47.5. The highest BCUT2D eigenvalue weighted by Gasteiger charge is 2.76. The number of fused-ring (bicyclic) bond motifs is 2. The lowest BCUT2D eigenvalue weighted by atomic mass is 9.73. The minimum absolute atomic E-state index is 0.127. The van der Waals surface area contributed by atoms with E-state index in [9.17, 15) is 19.5 Å². The third-order valence-corrected chi connectivity index (χ3v) is 8.78. The van der Waals surface area contributed by atoms with Crippen LogP contribution in [0.2, 0.25) is 0 Å². The molecule has 0 aliphatic carbocycles. The molecular weight excluding hydrogens is 486 g/mol. The highest BCUT2D eigenvalue weighted by atomic mass is 16.5. The zero-order valence-electron chi connectivity index (χ0n) is 22.7. The average Bonchev–Trinajstić information content (AvgIpc) is 3.20. The molecule has 2 fully saturated rings. The summed E-state index contributed by atoms with van der Waals surface area (Å²) >= 11 is 0. The Bertz CT molecular complexity index is 1180. The predicted molar refractivity (Wildman–Crippen MR) is 141 cm³/mol. The number of likely N-dealkylation sites (N-methyl/N-ethyl adjacent to an activating group) is 1. The first-order valence-electron chi connectivity index (χ1n) is 13.3. The van der Waals surface area contributed by atoms with Crippen molar-refractivity contribution in [1.82, 2.24) is 9.80 Å². The van der Waals surface area contributed by atoms with Crippen molar-refractivity contribution in [2.75, 3.05) is 38.8 Å². The summed E-state index contributed by atoms with van der Waals surface area (Å²) in [5.74, 6) is -1.94. The van der Waals surface area contributed by atoms with Crippen molar-refractivity contribution >= 4 is 23.4 Å². The summed E-state index contributed by atoms with van der Waals surface area (Å²) in [6.07, 6.45) is 8.00. The second kappa shape index (κ2) is 9.54. The van der Waals surface area contributed by atoms with Gasteiger partial charge in [0.25, 0.3) is 5.91 Å². The van der Waals surface area contributed by atoms with Crippen LogP contribution < -0.4 is 9.64 Å². The standard InChI is InChI=1S/C29H37N3O6/c1-6-28-13-7-15-30(4)25(34)22(28)23-26(35)32(21(17-33)18(2)3)24-27(36)31(16-8-14-29(23,24)38-28)19-9-11-20(37-5)12-10-19/h7-14,18,21-24,33H,6,15-17H2,1-5H3/t21-,22+,23-,24?,28-,29-/m0/s1. The Morgan fingerprint density at radius 3 is 2.32 bits per heavy atom. The van der Waals surface area contributed by atoms with Gasteiger partial charge in [-0.1, -0.05) is 45.1 Å². The lowest BCUT2D eigenvalue weighted by Crippen LogP contribution is -2.60. The molecular formula is C29H37N3O6. The molecule has 6 atom stereocenters. The fourth-order valence-electron chi connectivity index (χ4n) is 6.79. The molecule has 1 aromatic rings. The number of aliphatic hydroxyl groups is 1. The van der Waals surface area contributed by atoms with Crippen LogP contribution in [-0.2, 0) is 19.1 Å². The molecule has 1 N–H and O–H groups in total. The van der Waals surface area contributed by atoms with Crippen LogP contribution in [0, 0.1) is 17.8 Å². The highest BCUT2D eigenvalue weighted by molar-refractivity contribution is 6.06. The molecule has 4 heterocycles. The van der Waals surface area contributed by atoms with Crippen molar-refractivity contribution in [1.29, 1.82) is 0 Å². The number of nitrogens with zero attached hydrogens (tertiary/aromatic N) is 3. The second-order valence-electron chi connectivity index (χ2n) is 11.0. The van der Waals surface area contributed by atoms with Crippen LogP contribution >= 0.6 is 0 Å². The van der Waals surface area contributed by atoms with Crippen molar-refractivity contribution < 1.29 is 29.0 Å². The summed E-state index contributed by atoms with van der Waals surface area (Å²) < 4.78 is 12.2. The van der Waals surface area contributed by atoms with E-state index in [-0.39, 0.29) is 36.8 Å². The molecule has 0 aromatic heterocycles. The molecule has 1 unspecified atom stereocenters. The number of hydrogen-bond donors (Lipinski definition) is 1. The SMILES string of the molecule is CC[C@]12C=CCN(C)C(=O)[C@H]1[C@H]1C(=O)N([C@@H](CO)C(C)C)C3C(=O)N(c4ccc(OC)cc4)CC=C[C@@]31O2. The van der Waals surface area contributed by atoms with Gasteiger partial charge in [-0.3, -0.25) is 14.4 Å². The number of methoxy groups -OCH3 is 1. The maximum Gasteiger partial charge on any atom is 0.253 e. The smallest absolute Gasteiger partial charge is 0.253 e. The highest BCUT2D eigenvalue weighted by Crippen LogP contribution is 2.59. The third kappa shape index (κ3) is 3.62. The Morgan fingerprint density at radius 2 is 1.71 bits per heavy atom. The minimum Gasteiger partial charge on any atom is -0.497 e. The molecule has 9 nitrogen and oxygen atoms in total. The van der Waals surface area contributed by atoms with Gasteiger partial charge in [-0.2, -0.15) is 0 Å². The van der Waals surface area contributed by atoms with Crippen molar-refractivity contribution in [3.63, 3.8) is 0 Å². The predicted octanol–water partition coefficient (Wildman–Crippen LogP) is 2.00. The molecule has 0 saturated carbocycles. The first-order chi connectivity index (χ1) is 18.2. The molecule has 1 aromatic carbocycles. The number of aliphatic hydroxyl groups excluding tert-OH is 1. The van der Waals surface area contributed by atoms with Crippen LogP contribution in [0.15, 0.2) is 48.6 Å². The largest absolute Gasteiger partial charge is 0.497 e. The molecule has 0 bridgehead atoms. The van der Waals surface area contributed by atoms with Crippen molar-refractivity contribution in [3.8, 4) is 5.75 Å². The van der Waals surface area contributed by atoms with Gasteiger partial charge < -0.3 is 29.3 Å². The maximum atomic E-state index is 14.5. The fraction of sp³-hybridized carbons (Fsp3) is 0.552. The van der Waals surface area contributed by atoms with E-state index in [1.807, 2.05) is 45.1 Å². The first kappa shape index (κ1) is 26.4. The van der Waals surface area contributed by atoms with Gasteiger partial charge >= 0.3 is 0 Å². The van der Waals surface area contributed by atoms with Crippen LogP contribution in [0.3, 0.4) is 0 Å². The fourth-order valence-corrected chi connectivity index (χ4v) is 6.79. The molecule has 204 valence electrons. The van der Waals surface area contributed by atoms with E-state index in [0.717, 1.165) is 0 Å². The maximum absolute atomic E-state index is 14.5. The molecule has 5 rings (SSSR count). The summed E-state index contributed by atoms with van der Waals surface area (Å²) in [6, 6.07) is 5.53. The Morgan fingerprint density at radius 1 is 1.03 bits per heavy atom. The van der Waals surface area contributed by atoms with E-state index in [4.69, 9.17) is 9.47 Å². The second-order valence-corrected chi connectivity index (χ2v) is 11.0. The van der Waals surface area contributed by atoms with Gasteiger partial charge in [-0.05, 0) is 36.6 Å². The molecule has 9 heteroatoms. The zero-order valence-corrected chi connectivity index (χ0v) is 22.7. The van der Waals surface area contributed by atoms with Crippen LogP contribution in [0.25, 0.3) is 0 Å². The normalized spacial score (nSPS) is 33.3. The average molecular weight is 524 g/mol. The minimum atomic E-state index is -1.35. The lowest BCUT2D eigenvalue weighted by molar-refractivity contribution is -0.153. The number of anilines is 1. The Labute approximate surface area is 223 Å². The number of ether oxygens (including phenoxy) is 2. The number of rotatable bonds is 6. The van der Waals surface area contributed by atoms with Crippen molar-refractivity contribution in [3.05, 3.63) is 48.6 Å². The topological polar surface area (TPSA) is 99.6 Å². The van der Waals surface area contributed by atoms with E-state index in [2.05, 4.69) is 0 Å². The number of carbonyl (C=O) groups is 3. The van der Waals surface area contributed by atoms with Gasteiger partial charge in [-0.15, -0.1) is 0 Å². The Kier molecular flexibility index (Phi) is 6.64. The summed E-state index contributed by atoms with van der Waals surface area (Å²) in [7, 11) is 3.31. The molecule has 4 aliphatic heterocycles. The van der Waals surface area contributed by atoms with Crippen molar-refractivity contribution in [2.45, 2.75) is 50.5 Å². The monoisotopic (exact) mass is 523 g/mol. The zero-order chi connectivity index (χ0) is 27.4. The Hall–Kier alpha value is -3.17. The van der Waals surface area contributed by atoms with Crippen LogP contribution in [0.4, 0.5) is 5.69 Å². The summed E-state index contributed by atoms with van der Waals surface area (Å²) in [5.41, 5.74) is -1.71. The molecule has 3 amide bonds. The number of likely N-dealkylation sites (tertiary alicyclic amines) is 1. The molecule has 2 saturated heterocycles. The lowest BCUT2D eigenvalue weighted by Gasteiger charge is -2.41. The van der Waals surface area contributed by atoms with Gasteiger partial charge in [0, 0.05) is 25.8 Å². The molecule has 1 spiro atoms. The van der Waals surface area contributed by atoms with Gasteiger partial charge in [-0.25, -0.2) is 0 Å². The van der Waals surface area contributed by atoms with Crippen LogP contribution in [0.5, 0.6) is 5.75 Å². The van der Waals surface area contributed by atoms with Crippen LogP contribution in [-0.4, -0.2) is 89.8 Å².